The highest BCUT2D eigenvalue weighted by molar-refractivity contribution is 6.17. The first-order chi connectivity index (χ1) is 17.4. The topological polar surface area (TPSA) is 91.1 Å². The third kappa shape index (κ3) is 2.83. The zero-order chi connectivity index (χ0) is 25.2. The highest BCUT2D eigenvalue weighted by atomic mass is 19.1. The molecule has 0 radical (unpaired) electrons. The number of anilines is 1. The van der Waals surface area contributed by atoms with Crippen LogP contribution in [0.1, 0.15) is 27.2 Å². The number of carbonyl (C=O) groups is 2. The Labute approximate surface area is 202 Å². The average Bonchev–Trinajstić information content (AvgIpc) is 3.26. The maximum absolute atomic E-state index is 14.3. The van der Waals surface area contributed by atoms with Crippen molar-refractivity contribution in [1.29, 1.82) is 0 Å². The van der Waals surface area contributed by atoms with Gasteiger partial charge in [-0.3, -0.25) is 14.4 Å². The molecule has 0 saturated heterocycles. The largest absolute Gasteiger partial charge is 0.450 e. The van der Waals surface area contributed by atoms with Gasteiger partial charge in [0.05, 0.1) is 29.8 Å². The van der Waals surface area contributed by atoms with Crippen molar-refractivity contribution in [3.05, 3.63) is 111 Å². The quantitative estimate of drug-likeness (QED) is 0.476. The number of amides is 2. The molecule has 0 fully saturated rings. The molecule has 0 saturated carbocycles. The minimum atomic E-state index is -1.91. The molecule has 2 aliphatic rings. The van der Waals surface area contributed by atoms with Gasteiger partial charge in [0, 0.05) is 12.1 Å². The van der Waals surface area contributed by atoms with E-state index in [4.69, 9.17) is 4.42 Å². The molecule has 0 bridgehead atoms. The molecule has 2 aliphatic heterocycles. The van der Waals surface area contributed by atoms with Gasteiger partial charge in [-0.05, 0) is 42.0 Å². The zero-order valence-corrected chi connectivity index (χ0v) is 18.7. The Morgan fingerprint density at radius 3 is 2.39 bits per heavy atom. The first-order valence-corrected chi connectivity index (χ1v) is 11.2. The van der Waals surface area contributed by atoms with Gasteiger partial charge in [0.25, 0.3) is 11.8 Å². The number of hydrogen-bond acceptors (Lipinski definition) is 5. The zero-order valence-electron chi connectivity index (χ0n) is 18.7. The van der Waals surface area contributed by atoms with Gasteiger partial charge in [0.1, 0.15) is 17.2 Å². The molecular weight excluding hydrogens is 470 g/mol. The van der Waals surface area contributed by atoms with Crippen molar-refractivity contribution >= 4 is 28.5 Å². The highest BCUT2D eigenvalue weighted by Gasteiger charge is 2.64. The lowest BCUT2D eigenvalue weighted by atomic mass is 9.84. The number of β-amino-alcohol motifs (C(OH)–C–C–N with tert-alkyl or cyclic N) is 1. The Morgan fingerprint density at radius 2 is 1.64 bits per heavy atom. The molecule has 1 aromatic heterocycles. The molecule has 9 heteroatoms. The summed E-state index contributed by atoms with van der Waals surface area (Å²) in [5.74, 6) is -2.74. The summed E-state index contributed by atoms with van der Waals surface area (Å²) in [4.78, 5) is 44.3. The SMILES string of the molecule is O=C1c2oc3ccc(F)cc3c(=O)c2C2(C(=O)N(Cc3ccc(F)cc3)c3ccccc32)N1CCO. The van der Waals surface area contributed by atoms with Crippen LogP contribution >= 0.6 is 0 Å². The van der Waals surface area contributed by atoms with Crippen molar-refractivity contribution < 1.29 is 27.9 Å². The third-order valence-corrected chi connectivity index (χ3v) is 6.78. The van der Waals surface area contributed by atoms with Crippen molar-refractivity contribution in [3.8, 4) is 0 Å². The third-order valence-electron chi connectivity index (χ3n) is 6.78. The number of benzene rings is 3. The number of fused-ring (bicyclic) bond motifs is 5. The number of halogens is 2. The second-order valence-corrected chi connectivity index (χ2v) is 8.70. The summed E-state index contributed by atoms with van der Waals surface area (Å²) in [6, 6.07) is 15.7. The molecule has 7 nitrogen and oxygen atoms in total. The van der Waals surface area contributed by atoms with Crippen molar-refractivity contribution in [2.24, 2.45) is 0 Å². The first kappa shape index (κ1) is 22.1. The fraction of sp³-hybridized carbons (Fsp3) is 0.148. The van der Waals surface area contributed by atoms with Gasteiger partial charge in [-0.25, -0.2) is 8.78 Å². The van der Waals surface area contributed by atoms with Crippen molar-refractivity contribution in [2.45, 2.75) is 12.1 Å². The van der Waals surface area contributed by atoms with E-state index in [9.17, 15) is 28.3 Å². The number of hydrogen-bond donors (Lipinski definition) is 1. The monoisotopic (exact) mass is 488 g/mol. The van der Waals surface area contributed by atoms with Crippen molar-refractivity contribution in [2.75, 3.05) is 18.1 Å². The summed E-state index contributed by atoms with van der Waals surface area (Å²) >= 11 is 0. The Bertz CT molecular complexity index is 1630. The summed E-state index contributed by atoms with van der Waals surface area (Å²) in [5.41, 5.74) is -1.37. The van der Waals surface area contributed by atoms with Crippen LogP contribution in [0.5, 0.6) is 0 Å². The number of aliphatic hydroxyl groups excluding tert-OH is 1. The molecule has 36 heavy (non-hydrogen) atoms. The standard InChI is InChI=1S/C27H18F2N2O5/c28-16-7-5-15(6-8-16)14-30-20-4-2-1-3-19(20)27(26(30)35)22-23(33)18-13-17(29)9-10-21(18)36-24(22)25(34)31(27)11-12-32/h1-10,13,32H,11-12,14H2. The molecule has 6 rings (SSSR count). The van der Waals surface area contributed by atoms with E-state index in [-0.39, 0.29) is 35.4 Å². The Balaban J connectivity index is 1.65. The van der Waals surface area contributed by atoms with Crippen LogP contribution < -0.4 is 10.3 Å². The van der Waals surface area contributed by atoms with Crippen molar-refractivity contribution in [1.82, 2.24) is 4.90 Å². The predicted molar refractivity (Wildman–Crippen MR) is 125 cm³/mol. The summed E-state index contributed by atoms with van der Waals surface area (Å²) in [5, 5.41) is 9.71. The number of aliphatic hydroxyl groups is 1. The molecule has 0 aliphatic carbocycles. The number of carbonyl (C=O) groups excluding carboxylic acids is 2. The van der Waals surface area contributed by atoms with Gasteiger partial charge < -0.3 is 19.3 Å². The second kappa shape index (κ2) is 7.82. The van der Waals surface area contributed by atoms with Gasteiger partial charge in [-0.1, -0.05) is 30.3 Å². The molecular formula is C27H18F2N2O5. The minimum Gasteiger partial charge on any atom is -0.450 e. The van der Waals surface area contributed by atoms with Crippen LogP contribution in [-0.4, -0.2) is 35.0 Å². The van der Waals surface area contributed by atoms with E-state index in [1.807, 2.05) is 0 Å². The van der Waals surface area contributed by atoms with Gasteiger partial charge in [0.2, 0.25) is 5.76 Å². The van der Waals surface area contributed by atoms with Crippen LogP contribution in [-0.2, 0) is 16.9 Å². The van der Waals surface area contributed by atoms with Crippen LogP contribution in [0.25, 0.3) is 11.0 Å². The molecule has 1 N–H and O–H groups in total. The molecule has 1 atom stereocenters. The lowest BCUT2D eigenvalue weighted by Crippen LogP contribution is -2.54. The number of para-hydroxylation sites is 1. The average molecular weight is 488 g/mol. The fourth-order valence-electron chi connectivity index (χ4n) is 5.29. The summed E-state index contributed by atoms with van der Waals surface area (Å²) in [6.45, 7) is -0.684. The van der Waals surface area contributed by atoms with E-state index in [1.54, 1.807) is 36.4 Å². The molecule has 1 spiro atoms. The van der Waals surface area contributed by atoms with Crippen LogP contribution in [0, 0.1) is 11.6 Å². The molecule has 180 valence electrons. The second-order valence-electron chi connectivity index (χ2n) is 8.70. The molecule has 2 amide bonds. The van der Waals surface area contributed by atoms with E-state index < -0.39 is 41.0 Å². The smallest absolute Gasteiger partial charge is 0.291 e. The Kier molecular flexibility index (Phi) is 4.81. The number of rotatable bonds is 4. The predicted octanol–water partition coefficient (Wildman–Crippen LogP) is 3.31. The highest BCUT2D eigenvalue weighted by Crippen LogP contribution is 2.52. The first-order valence-electron chi connectivity index (χ1n) is 11.2. The normalized spacial score (nSPS) is 18.4. The van der Waals surface area contributed by atoms with Gasteiger partial charge in [-0.15, -0.1) is 0 Å². The molecule has 3 heterocycles. The van der Waals surface area contributed by atoms with E-state index in [2.05, 4.69) is 0 Å². The van der Waals surface area contributed by atoms with Crippen molar-refractivity contribution in [3.63, 3.8) is 0 Å². The summed E-state index contributed by atoms with van der Waals surface area (Å²) in [6.07, 6.45) is 0. The van der Waals surface area contributed by atoms with Crippen LogP contribution in [0.3, 0.4) is 0 Å². The van der Waals surface area contributed by atoms with Gasteiger partial charge in [0.15, 0.2) is 11.0 Å². The maximum Gasteiger partial charge on any atom is 0.291 e. The van der Waals surface area contributed by atoms with E-state index >= 15 is 0 Å². The lowest BCUT2D eigenvalue weighted by Gasteiger charge is -2.33. The molecule has 1 unspecified atom stereocenters. The minimum absolute atomic E-state index is 0.0106. The fourth-order valence-corrected chi connectivity index (χ4v) is 5.29. The summed E-state index contributed by atoms with van der Waals surface area (Å²) in [7, 11) is 0. The van der Waals surface area contributed by atoms with E-state index in [0.29, 0.717) is 16.8 Å². The number of nitrogens with zero attached hydrogens (tertiary/aromatic N) is 2. The van der Waals surface area contributed by atoms with Gasteiger partial charge >= 0.3 is 0 Å². The molecule has 4 aromatic rings. The maximum atomic E-state index is 14.3. The van der Waals surface area contributed by atoms with Crippen LogP contribution in [0.4, 0.5) is 14.5 Å². The summed E-state index contributed by atoms with van der Waals surface area (Å²) < 4.78 is 33.3. The Hall–Kier alpha value is -4.37. The van der Waals surface area contributed by atoms with Crippen LogP contribution in [0.15, 0.2) is 75.9 Å². The Morgan fingerprint density at radius 1 is 0.917 bits per heavy atom. The molecule has 3 aromatic carbocycles. The lowest BCUT2D eigenvalue weighted by molar-refractivity contribution is -0.126. The van der Waals surface area contributed by atoms with E-state index in [0.717, 1.165) is 17.0 Å². The van der Waals surface area contributed by atoms with Crippen LogP contribution in [0.2, 0.25) is 0 Å². The van der Waals surface area contributed by atoms with E-state index in [1.165, 1.54) is 23.1 Å². The van der Waals surface area contributed by atoms with Gasteiger partial charge in [-0.2, -0.15) is 0 Å².